The molecule has 2 aromatic heterocycles. The van der Waals surface area contributed by atoms with Crippen LogP contribution in [0.25, 0.3) is 22.7 Å². The van der Waals surface area contributed by atoms with Gasteiger partial charge in [0, 0.05) is 24.4 Å². The van der Waals surface area contributed by atoms with Crippen molar-refractivity contribution < 1.29 is 13.6 Å². The number of benzene rings is 1. The molecule has 0 saturated heterocycles. The summed E-state index contributed by atoms with van der Waals surface area (Å²) in [6, 6.07) is 6.65. The fourth-order valence-corrected chi connectivity index (χ4v) is 2.45. The van der Waals surface area contributed by atoms with E-state index in [-0.39, 0.29) is 22.9 Å². The number of carbonyl (C=O) groups is 1. The largest absolute Gasteiger partial charge is 0.444 e. The number of hydrogen-bond acceptors (Lipinski definition) is 4. The fourth-order valence-electron chi connectivity index (χ4n) is 2.45. The Morgan fingerprint density at radius 1 is 1.26 bits per heavy atom. The number of halogens is 1. The van der Waals surface area contributed by atoms with Crippen molar-refractivity contribution in [2.24, 2.45) is 0 Å². The molecule has 0 aliphatic rings. The van der Waals surface area contributed by atoms with Crippen LogP contribution in [0.5, 0.6) is 0 Å². The zero-order valence-electron chi connectivity index (χ0n) is 12.6. The maximum Gasteiger partial charge on any atom is 0.251 e. The fraction of sp³-hybridized carbons (Fsp3) is 0.118. The quantitative estimate of drug-likeness (QED) is 0.806. The second kappa shape index (κ2) is 6.00. The number of carbonyl (C=O) groups excluding carboxylic acids is 1. The summed E-state index contributed by atoms with van der Waals surface area (Å²) in [7, 11) is 1.52. The van der Waals surface area contributed by atoms with E-state index in [1.54, 1.807) is 31.3 Å². The highest BCUT2D eigenvalue weighted by molar-refractivity contribution is 5.98. The van der Waals surface area contributed by atoms with E-state index in [4.69, 9.17) is 4.42 Å². The lowest BCUT2D eigenvalue weighted by molar-refractivity contribution is 0.0962. The molecule has 1 amide bonds. The predicted molar refractivity (Wildman–Crippen MR) is 83.3 cm³/mol. The second-order valence-corrected chi connectivity index (χ2v) is 4.92. The summed E-state index contributed by atoms with van der Waals surface area (Å²) in [4.78, 5) is 20.3. The van der Waals surface area contributed by atoms with Crippen molar-refractivity contribution in [2.45, 2.75) is 6.92 Å². The number of rotatable bonds is 3. The van der Waals surface area contributed by atoms with Crippen LogP contribution in [0.1, 0.15) is 15.9 Å². The van der Waals surface area contributed by atoms with Gasteiger partial charge in [-0.15, -0.1) is 0 Å². The standard InChI is InChI=1S/C17H14FN3O2/c1-10-11(16(22)19-2)9-12(17-21-7-8-23-17)15(18)14(10)13-5-3-4-6-20-13/h3-9H,1-2H3,(H,19,22). The SMILES string of the molecule is CNC(=O)c1cc(-c2ncco2)c(F)c(-c2ccccn2)c1C. The van der Waals surface area contributed by atoms with Crippen LogP contribution in [0.3, 0.4) is 0 Å². The third kappa shape index (κ3) is 2.59. The van der Waals surface area contributed by atoms with Gasteiger partial charge in [0.25, 0.3) is 5.91 Å². The van der Waals surface area contributed by atoms with Crippen LogP contribution in [0.4, 0.5) is 4.39 Å². The summed E-state index contributed by atoms with van der Waals surface area (Å²) >= 11 is 0. The van der Waals surface area contributed by atoms with Crippen LogP contribution >= 0.6 is 0 Å². The molecule has 0 unspecified atom stereocenters. The van der Waals surface area contributed by atoms with Crippen molar-refractivity contribution in [2.75, 3.05) is 7.05 Å². The maximum atomic E-state index is 15.1. The van der Waals surface area contributed by atoms with Crippen LogP contribution in [0.15, 0.2) is 47.3 Å². The van der Waals surface area contributed by atoms with Gasteiger partial charge in [-0.2, -0.15) is 0 Å². The molecule has 0 spiro atoms. The van der Waals surface area contributed by atoms with Gasteiger partial charge in [0.05, 0.1) is 17.5 Å². The third-order valence-corrected chi connectivity index (χ3v) is 3.58. The Morgan fingerprint density at radius 2 is 2.09 bits per heavy atom. The number of pyridine rings is 1. The normalized spacial score (nSPS) is 10.6. The summed E-state index contributed by atoms with van der Waals surface area (Å²) in [6.07, 6.45) is 4.36. The van der Waals surface area contributed by atoms with Crippen molar-refractivity contribution in [1.82, 2.24) is 15.3 Å². The van der Waals surface area contributed by atoms with Gasteiger partial charge in [-0.3, -0.25) is 9.78 Å². The highest BCUT2D eigenvalue weighted by Crippen LogP contribution is 2.34. The van der Waals surface area contributed by atoms with Gasteiger partial charge < -0.3 is 9.73 Å². The predicted octanol–water partition coefficient (Wildman–Crippen LogP) is 3.21. The van der Waals surface area contributed by atoms with Crippen molar-refractivity contribution in [3.63, 3.8) is 0 Å². The lowest BCUT2D eigenvalue weighted by Crippen LogP contribution is -2.20. The first kappa shape index (κ1) is 14.9. The van der Waals surface area contributed by atoms with Crippen molar-refractivity contribution in [1.29, 1.82) is 0 Å². The van der Waals surface area contributed by atoms with E-state index in [2.05, 4.69) is 15.3 Å². The number of amides is 1. The molecule has 0 atom stereocenters. The Morgan fingerprint density at radius 3 is 2.70 bits per heavy atom. The Balaban J connectivity index is 2.34. The van der Waals surface area contributed by atoms with Crippen molar-refractivity contribution >= 4 is 5.91 Å². The number of nitrogens with one attached hydrogen (secondary N) is 1. The van der Waals surface area contributed by atoms with Gasteiger partial charge in [0.1, 0.15) is 12.1 Å². The molecule has 0 aliphatic carbocycles. The average Bonchev–Trinajstić information content (AvgIpc) is 3.10. The molecular weight excluding hydrogens is 297 g/mol. The molecular formula is C17H14FN3O2. The van der Waals surface area contributed by atoms with E-state index in [9.17, 15) is 4.79 Å². The molecule has 0 fully saturated rings. The molecule has 6 heteroatoms. The molecule has 2 heterocycles. The minimum absolute atomic E-state index is 0.116. The number of hydrogen-bond donors (Lipinski definition) is 1. The van der Waals surface area contributed by atoms with E-state index in [1.165, 1.54) is 25.6 Å². The number of oxazole rings is 1. The molecule has 23 heavy (non-hydrogen) atoms. The van der Waals surface area contributed by atoms with Gasteiger partial charge in [0.2, 0.25) is 5.89 Å². The first-order valence-electron chi connectivity index (χ1n) is 7.00. The van der Waals surface area contributed by atoms with Gasteiger partial charge in [0.15, 0.2) is 0 Å². The molecule has 3 rings (SSSR count). The summed E-state index contributed by atoms with van der Waals surface area (Å²) in [5.74, 6) is -0.714. The lowest BCUT2D eigenvalue weighted by atomic mass is 9.94. The zero-order valence-corrected chi connectivity index (χ0v) is 12.6. The molecule has 3 aromatic rings. The molecule has 1 aromatic carbocycles. The smallest absolute Gasteiger partial charge is 0.251 e. The second-order valence-electron chi connectivity index (χ2n) is 4.92. The summed E-state index contributed by atoms with van der Waals surface area (Å²) < 4.78 is 20.3. The summed E-state index contributed by atoms with van der Waals surface area (Å²) in [5.41, 5.74) is 1.69. The van der Waals surface area contributed by atoms with Crippen molar-refractivity contribution in [3.05, 3.63) is 59.9 Å². The van der Waals surface area contributed by atoms with E-state index < -0.39 is 5.82 Å². The Labute approximate surface area is 132 Å². The summed E-state index contributed by atoms with van der Waals surface area (Å²) in [5, 5.41) is 2.56. The molecule has 0 radical (unpaired) electrons. The van der Waals surface area contributed by atoms with Crippen molar-refractivity contribution in [3.8, 4) is 22.7 Å². The van der Waals surface area contributed by atoms with Crippen LogP contribution in [0, 0.1) is 12.7 Å². The Bertz CT molecular complexity index is 846. The zero-order chi connectivity index (χ0) is 16.4. The van der Waals surface area contributed by atoms with E-state index in [0.717, 1.165) is 0 Å². The van der Waals surface area contributed by atoms with E-state index >= 15 is 4.39 Å². The van der Waals surface area contributed by atoms with Gasteiger partial charge in [-0.05, 0) is 30.7 Å². The van der Waals surface area contributed by atoms with E-state index in [1.807, 2.05) is 0 Å². The lowest BCUT2D eigenvalue weighted by Gasteiger charge is -2.14. The molecule has 1 N–H and O–H groups in total. The number of nitrogens with zero attached hydrogens (tertiary/aromatic N) is 2. The Kier molecular flexibility index (Phi) is 3.89. The molecule has 0 bridgehead atoms. The Hall–Kier alpha value is -3.02. The summed E-state index contributed by atoms with van der Waals surface area (Å²) in [6.45, 7) is 1.69. The van der Waals surface area contributed by atoms with Crippen LogP contribution in [-0.2, 0) is 0 Å². The molecule has 0 saturated carbocycles. The van der Waals surface area contributed by atoms with Gasteiger partial charge in [-0.1, -0.05) is 6.07 Å². The van der Waals surface area contributed by atoms with Crippen LogP contribution < -0.4 is 5.32 Å². The highest BCUT2D eigenvalue weighted by Gasteiger charge is 2.23. The first-order valence-corrected chi connectivity index (χ1v) is 7.00. The highest BCUT2D eigenvalue weighted by atomic mass is 19.1. The minimum Gasteiger partial charge on any atom is -0.444 e. The van der Waals surface area contributed by atoms with Crippen LogP contribution in [0.2, 0.25) is 0 Å². The molecule has 5 nitrogen and oxygen atoms in total. The topological polar surface area (TPSA) is 68.0 Å². The maximum absolute atomic E-state index is 15.1. The van der Waals surface area contributed by atoms with Gasteiger partial charge >= 0.3 is 0 Å². The monoisotopic (exact) mass is 311 g/mol. The molecule has 116 valence electrons. The average molecular weight is 311 g/mol. The van der Waals surface area contributed by atoms with E-state index in [0.29, 0.717) is 16.8 Å². The minimum atomic E-state index is -0.517. The molecule has 0 aliphatic heterocycles. The van der Waals surface area contributed by atoms with Crippen LogP contribution in [-0.4, -0.2) is 22.9 Å². The number of aromatic nitrogens is 2. The third-order valence-electron chi connectivity index (χ3n) is 3.58. The first-order chi connectivity index (χ1) is 11.1. The van der Waals surface area contributed by atoms with Gasteiger partial charge in [-0.25, -0.2) is 9.37 Å².